The first-order valence-electron chi connectivity index (χ1n) is 6.18. The SMILES string of the molecule is c1ccc(C2CCNC3(CCC3)C2)cc1. The summed E-state index contributed by atoms with van der Waals surface area (Å²) in [5.74, 6) is 0.799. The van der Waals surface area contributed by atoms with E-state index in [1.54, 1.807) is 5.56 Å². The molecule has 0 amide bonds. The summed E-state index contributed by atoms with van der Waals surface area (Å²) in [5.41, 5.74) is 2.07. The lowest BCUT2D eigenvalue weighted by Gasteiger charge is -2.48. The van der Waals surface area contributed by atoms with E-state index in [1.807, 2.05) is 0 Å². The Labute approximate surface area is 91.9 Å². The topological polar surface area (TPSA) is 12.0 Å². The van der Waals surface area contributed by atoms with Gasteiger partial charge >= 0.3 is 0 Å². The fourth-order valence-electron chi connectivity index (χ4n) is 3.15. The van der Waals surface area contributed by atoms with Crippen molar-refractivity contribution in [1.29, 1.82) is 0 Å². The molecule has 1 saturated carbocycles. The molecule has 1 nitrogen and oxygen atoms in total. The van der Waals surface area contributed by atoms with E-state index in [9.17, 15) is 0 Å². The number of benzene rings is 1. The highest BCUT2D eigenvalue weighted by atomic mass is 15.0. The van der Waals surface area contributed by atoms with Crippen LogP contribution in [0, 0.1) is 0 Å². The maximum Gasteiger partial charge on any atom is 0.0187 e. The molecule has 1 unspecified atom stereocenters. The van der Waals surface area contributed by atoms with E-state index in [2.05, 4.69) is 35.6 Å². The molecule has 2 fully saturated rings. The lowest BCUT2D eigenvalue weighted by molar-refractivity contribution is 0.129. The summed E-state index contributed by atoms with van der Waals surface area (Å²) in [6.07, 6.45) is 6.89. The van der Waals surface area contributed by atoms with Gasteiger partial charge in [-0.3, -0.25) is 0 Å². The molecule has 1 aromatic rings. The fraction of sp³-hybridized carbons (Fsp3) is 0.571. The molecule has 15 heavy (non-hydrogen) atoms. The van der Waals surface area contributed by atoms with Crippen molar-refractivity contribution >= 4 is 0 Å². The quantitative estimate of drug-likeness (QED) is 0.736. The van der Waals surface area contributed by atoms with Crippen molar-refractivity contribution in [2.24, 2.45) is 0 Å². The molecule has 1 heteroatoms. The number of hydrogen-bond donors (Lipinski definition) is 1. The Kier molecular flexibility index (Phi) is 2.28. The van der Waals surface area contributed by atoms with E-state index >= 15 is 0 Å². The van der Waals surface area contributed by atoms with Crippen LogP contribution >= 0.6 is 0 Å². The second kappa shape index (κ2) is 3.64. The highest BCUT2D eigenvalue weighted by Gasteiger charge is 2.40. The van der Waals surface area contributed by atoms with Gasteiger partial charge in [0.1, 0.15) is 0 Å². The van der Waals surface area contributed by atoms with Crippen molar-refractivity contribution in [3.8, 4) is 0 Å². The molecule has 3 rings (SSSR count). The Balaban J connectivity index is 1.77. The summed E-state index contributed by atoms with van der Waals surface area (Å²) in [6, 6.07) is 11.0. The molecule has 0 radical (unpaired) electrons. The monoisotopic (exact) mass is 201 g/mol. The fourth-order valence-corrected chi connectivity index (χ4v) is 3.15. The third kappa shape index (κ3) is 1.69. The molecular weight excluding hydrogens is 182 g/mol. The third-order valence-corrected chi connectivity index (χ3v) is 4.21. The minimum absolute atomic E-state index is 0.527. The summed E-state index contributed by atoms with van der Waals surface area (Å²) < 4.78 is 0. The smallest absolute Gasteiger partial charge is 0.0187 e. The first-order valence-corrected chi connectivity index (χ1v) is 6.18. The van der Waals surface area contributed by atoms with E-state index in [0.717, 1.165) is 5.92 Å². The van der Waals surface area contributed by atoms with Crippen molar-refractivity contribution in [2.45, 2.75) is 43.6 Å². The zero-order valence-electron chi connectivity index (χ0n) is 9.21. The standard InChI is InChI=1S/C14H19N/c1-2-5-12(6-3-1)13-7-10-15-14(11-13)8-4-9-14/h1-3,5-6,13,15H,4,7-11H2. The molecule has 1 aliphatic carbocycles. The second-order valence-electron chi connectivity index (χ2n) is 5.16. The van der Waals surface area contributed by atoms with Crippen LogP contribution < -0.4 is 5.32 Å². The van der Waals surface area contributed by atoms with Crippen LogP contribution in [-0.2, 0) is 0 Å². The van der Waals surface area contributed by atoms with E-state index in [1.165, 1.54) is 38.6 Å². The summed E-state index contributed by atoms with van der Waals surface area (Å²) in [7, 11) is 0. The molecular formula is C14H19N. The first kappa shape index (κ1) is 9.41. The molecule has 1 N–H and O–H groups in total. The van der Waals surface area contributed by atoms with Gasteiger partial charge in [0.25, 0.3) is 0 Å². The number of piperidine rings is 1. The van der Waals surface area contributed by atoms with Crippen LogP contribution in [0.2, 0.25) is 0 Å². The number of hydrogen-bond acceptors (Lipinski definition) is 1. The normalized spacial score (nSPS) is 28.7. The van der Waals surface area contributed by atoms with Gasteiger partial charge in [0.05, 0.1) is 0 Å². The van der Waals surface area contributed by atoms with Crippen molar-refractivity contribution in [2.75, 3.05) is 6.54 Å². The van der Waals surface area contributed by atoms with Gasteiger partial charge in [-0.1, -0.05) is 30.3 Å². The Hall–Kier alpha value is -0.820. The Morgan fingerprint density at radius 2 is 1.93 bits per heavy atom. The molecule has 2 aliphatic rings. The summed E-state index contributed by atoms with van der Waals surface area (Å²) >= 11 is 0. The van der Waals surface area contributed by atoms with Gasteiger partial charge in [-0.15, -0.1) is 0 Å². The lowest BCUT2D eigenvalue weighted by atomic mass is 9.67. The van der Waals surface area contributed by atoms with Crippen LogP contribution in [0.15, 0.2) is 30.3 Å². The highest BCUT2D eigenvalue weighted by Crippen LogP contribution is 2.43. The summed E-state index contributed by atoms with van der Waals surface area (Å²) in [4.78, 5) is 0. The molecule has 80 valence electrons. The van der Waals surface area contributed by atoms with Crippen molar-refractivity contribution < 1.29 is 0 Å². The van der Waals surface area contributed by atoms with Gasteiger partial charge in [-0.2, -0.15) is 0 Å². The van der Waals surface area contributed by atoms with Gasteiger partial charge in [0.15, 0.2) is 0 Å². The average molecular weight is 201 g/mol. The number of nitrogens with one attached hydrogen (secondary N) is 1. The zero-order chi connectivity index (χ0) is 10.1. The minimum atomic E-state index is 0.527. The second-order valence-corrected chi connectivity index (χ2v) is 5.16. The zero-order valence-corrected chi connectivity index (χ0v) is 9.21. The van der Waals surface area contributed by atoms with Gasteiger partial charge in [0.2, 0.25) is 0 Å². The molecule has 0 aromatic heterocycles. The molecule has 1 spiro atoms. The van der Waals surface area contributed by atoms with Crippen LogP contribution in [0.5, 0.6) is 0 Å². The van der Waals surface area contributed by atoms with Crippen molar-refractivity contribution in [1.82, 2.24) is 5.32 Å². The minimum Gasteiger partial charge on any atom is -0.311 e. The molecule has 1 heterocycles. The van der Waals surface area contributed by atoms with Crippen molar-refractivity contribution in [3.63, 3.8) is 0 Å². The molecule has 1 atom stereocenters. The maximum absolute atomic E-state index is 3.73. The third-order valence-electron chi connectivity index (χ3n) is 4.21. The van der Waals surface area contributed by atoms with Crippen LogP contribution in [0.1, 0.15) is 43.6 Å². The van der Waals surface area contributed by atoms with Crippen LogP contribution in [0.3, 0.4) is 0 Å². The van der Waals surface area contributed by atoms with Crippen molar-refractivity contribution in [3.05, 3.63) is 35.9 Å². The van der Waals surface area contributed by atoms with E-state index < -0.39 is 0 Å². The Bertz CT molecular complexity index is 326. The lowest BCUT2D eigenvalue weighted by Crippen LogP contribution is -2.55. The summed E-state index contributed by atoms with van der Waals surface area (Å²) in [6.45, 7) is 1.21. The Morgan fingerprint density at radius 1 is 1.13 bits per heavy atom. The largest absolute Gasteiger partial charge is 0.311 e. The average Bonchev–Trinajstić information content (AvgIpc) is 2.28. The first-order chi connectivity index (χ1) is 7.38. The molecule has 1 aliphatic heterocycles. The van der Waals surface area contributed by atoms with Crippen LogP contribution in [-0.4, -0.2) is 12.1 Å². The highest BCUT2D eigenvalue weighted by molar-refractivity contribution is 5.22. The molecule has 0 bridgehead atoms. The van der Waals surface area contributed by atoms with E-state index in [0.29, 0.717) is 5.54 Å². The van der Waals surface area contributed by atoms with Crippen LogP contribution in [0.25, 0.3) is 0 Å². The summed E-state index contributed by atoms with van der Waals surface area (Å²) in [5, 5.41) is 3.73. The molecule has 1 saturated heterocycles. The van der Waals surface area contributed by atoms with E-state index in [4.69, 9.17) is 0 Å². The predicted octanol–water partition coefficient (Wildman–Crippen LogP) is 3.08. The maximum atomic E-state index is 3.73. The van der Waals surface area contributed by atoms with Gasteiger partial charge in [0, 0.05) is 5.54 Å². The van der Waals surface area contributed by atoms with E-state index in [-0.39, 0.29) is 0 Å². The van der Waals surface area contributed by atoms with Gasteiger partial charge in [-0.25, -0.2) is 0 Å². The van der Waals surface area contributed by atoms with Crippen LogP contribution in [0.4, 0.5) is 0 Å². The van der Waals surface area contributed by atoms with Gasteiger partial charge in [-0.05, 0) is 50.1 Å². The number of rotatable bonds is 1. The Morgan fingerprint density at radius 3 is 2.60 bits per heavy atom. The predicted molar refractivity (Wildman–Crippen MR) is 63.0 cm³/mol. The molecule has 1 aromatic carbocycles. The van der Waals surface area contributed by atoms with Gasteiger partial charge < -0.3 is 5.32 Å².